The van der Waals surface area contributed by atoms with Gasteiger partial charge in [-0.2, -0.15) is 0 Å². The van der Waals surface area contributed by atoms with Gasteiger partial charge in [0.1, 0.15) is 0 Å². The van der Waals surface area contributed by atoms with Gasteiger partial charge < -0.3 is 10.1 Å². The van der Waals surface area contributed by atoms with Crippen molar-refractivity contribution in [3.63, 3.8) is 0 Å². The Kier molecular flexibility index (Phi) is 8.72. The van der Waals surface area contributed by atoms with Crippen LogP contribution in [0.5, 0.6) is 0 Å². The summed E-state index contributed by atoms with van der Waals surface area (Å²) in [6, 6.07) is 0.719. The van der Waals surface area contributed by atoms with E-state index in [4.69, 9.17) is 4.74 Å². The molecule has 1 rings (SSSR count). The predicted octanol–water partition coefficient (Wildman–Crippen LogP) is 3.89. The first kappa shape index (κ1) is 15.0. The monoisotopic (exact) mass is 241 g/mol. The standard InChI is InChI=1S/C15H31NO/c1-3-4-5-6-9-14(2)17-13-11-15-10-7-8-12-16-15/h14-16H,3-13H2,1-2H3. The highest BCUT2D eigenvalue weighted by Crippen LogP contribution is 2.12. The van der Waals surface area contributed by atoms with Crippen molar-refractivity contribution in [1.82, 2.24) is 5.32 Å². The van der Waals surface area contributed by atoms with E-state index in [1.165, 1.54) is 64.3 Å². The summed E-state index contributed by atoms with van der Waals surface area (Å²) in [5.41, 5.74) is 0. The van der Waals surface area contributed by atoms with Gasteiger partial charge >= 0.3 is 0 Å². The van der Waals surface area contributed by atoms with Crippen LogP contribution >= 0.6 is 0 Å². The van der Waals surface area contributed by atoms with Gasteiger partial charge in [-0.15, -0.1) is 0 Å². The van der Waals surface area contributed by atoms with Crippen molar-refractivity contribution in [3.05, 3.63) is 0 Å². The van der Waals surface area contributed by atoms with Crippen LogP contribution in [0.4, 0.5) is 0 Å². The lowest BCUT2D eigenvalue weighted by Gasteiger charge is -2.24. The van der Waals surface area contributed by atoms with Gasteiger partial charge in [0.25, 0.3) is 0 Å². The molecule has 0 spiro atoms. The summed E-state index contributed by atoms with van der Waals surface area (Å²) in [4.78, 5) is 0. The Balaban J connectivity index is 1.90. The van der Waals surface area contributed by atoms with E-state index in [0.29, 0.717) is 6.10 Å². The molecule has 1 fully saturated rings. The first-order valence-corrected chi connectivity index (χ1v) is 7.68. The first-order valence-electron chi connectivity index (χ1n) is 7.68. The molecule has 0 saturated carbocycles. The maximum absolute atomic E-state index is 5.88. The lowest BCUT2D eigenvalue weighted by molar-refractivity contribution is 0.0507. The third-order valence-corrected chi connectivity index (χ3v) is 3.75. The van der Waals surface area contributed by atoms with Crippen molar-refractivity contribution in [1.29, 1.82) is 0 Å². The molecule has 102 valence electrons. The molecule has 0 aliphatic carbocycles. The summed E-state index contributed by atoms with van der Waals surface area (Å²) in [6.07, 6.45) is 12.4. The van der Waals surface area contributed by atoms with E-state index in [1.54, 1.807) is 0 Å². The average molecular weight is 241 g/mol. The largest absolute Gasteiger partial charge is 0.378 e. The number of nitrogens with one attached hydrogen (secondary N) is 1. The summed E-state index contributed by atoms with van der Waals surface area (Å²) in [5, 5.41) is 3.57. The molecule has 0 aromatic rings. The molecule has 2 atom stereocenters. The molecule has 2 unspecified atom stereocenters. The molecule has 1 aliphatic heterocycles. The van der Waals surface area contributed by atoms with Crippen molar-refractivity contribution < 1.29 is 4.74 Å². The Morgan fingerprint density at radius 3 is 2.82 bits per heavy atom. The number of ether oxygens (including phenoxy) is 1. The minimum absolute atomic E-state index is 0.454. The molecule has 1 heterocycles. The molecule has 2 heteroatoms. The lowest BCUT2D eigenvalue weighted by atomic mass is 10.0. The summed E-state index contributed by atoms with van der Waals surface area (Å²) in [5.74, 6) is 0. The fraction of sp³-hybridized carbons (Fsp3) is 1.00. The second-order valence-corrected chi connectivity index (χ2v) is 5.47. The number of hydrogen-bond donors (Lipinski definition) is 1. The fourth-order valence-corrected chi connectivity index (χ4v) is 2.52. The zero-order chi connectivity index (χ0) is 12.3. The fourth-order valence-electron chi connectivity index (χ4n) is 2.52. The van der Waals surface area contributed by atoms with Gasteiger partial charge in [-0.25, -0.2) is 0 Å². The molecule has 0 amide bonds. The topological polar surface area (TPSA) is 21.3 Å². The van der Waals surface area contributed by atoms with Gasteiger partial charge in [-0.1, -0.05) is 39.0 Å². The van der Waals surface area contributed by atoms with Crippen LogP contribution in [0.1, 0.15) is 71.6 Å². The summed E-state index contributed by atoms with van der Waals surface area (Å²) < 4.78 is 5.88. The molecule has 2 nitrogen and oxygen atoms in total. The zero-order valence-corrected chi connectivity index (χ0v) is 11.8. The van der Waals surface area contributed by atoms with Crippen LogP contribution in [0.2, 0.25) is 0 Å². The Hall–Kier alpha value is -0.0800. The molecule has 0 radical (unpaired) electrons. The van der Waals surface area contributed by atoms with E-state index in [2.05, 4.69) is 19.2 Å². The maximum atomic E-state index is 5.88. The Labute approximate surface area is 108 Å². The molecule has 0 aromatic carbocycles. The highest BCUT2D eigenvalue weighted by molar-refractivity contribution is 4.71. The first-order chi connectivity index (χ1) is 8.33. The second kappa shape index (κ2) is 9.90. The van der Waals surface area contributed by atoms with Crippen LogP contribution in [0, 0.1) is 0 Å². The van der Waals surface area contributed by atoms with E-state index < -0.39 is 0 Å². The van der Waals surface area contributed by atoms with E-state index in [1.807, 2.05) is 0 Å². The number of rotatable bonds is 9. The van der Waals surface area contributed by atoms with Gasteiger partial charge in [0.15, 0.2) is 0 Å². The molecule has 17 heavy (non-hydrogen) atoms. The highest BCUT2D eigenvalue weighted by atomic mass is 16.5. The minimum Gasteiger partial charge on any atom is -0.378 e. The van der Waals surface area contributed by atoms with Gasteiger partial charge in [-0.05, 0) is 39.2 Å². The van der Waals surface area contributed by atoms with Crippen LogP contribution in [0.25, 0.3) is 0 Å². The Morgan fingerprint density at radius 1 is 1.24 bits per heavy atom. The van der Waals surface area contributed by atoms with E-state index in [0.717, 1.165) is 12.6 Å². The zero-order valence-electron chi connectivity index (χ0n) is 11.8. The normalized spacial score (nSPS) is 22.6. The quantitative estimate of drug-likeness (QED) is 0.618. The predicted molar refractivity (Wildman–Crippen MR) is 74.4 cm³/mol. The minimum atomic E-state index is 0.454. The molecule has 0 aromatic heterocycles. The lowest BCUT2D eigenvalue weighted by Crippen LogP contribution is -2.35. The Morgan fingerprint density at radius 2 is 2.12 bits per heavy atom. The summed E-state index contributed by atoms with van der Waals surface area (Å²) >= 11 is 0. The Bertz CT molecular complexity index is 166. The highest BCUT2D eigenvalue weighted by Gasteiger charge is 2.12. The van der Waals surface area contributed by atoms with Crippen LogP contribution in [-0.4, -0.2) is 25.3 Å². The van der Waals surface area contributed by atoms with Crippen molar-refractivity contribution in [2.45, 2.75) is 83.8 Å². The maximum Gasteiger partial charge on any atom is 0.0547 e. The smallest absolute Gasteiger partial charge is 0.0547 e. The average Bonchev–Trinajstić information content (AvgIpc) is 2.36. The van der Waals surface area contributed by atoms with Crippen LogP contribution in [-0.2, 0) is 4.74 Å². The number of hydrogen-bond acceptors (Lipinski definition) is 2. The number of unbranched alkanes of at least 4 members (excludes halogenated alkanes) is 3. The van der Waals surface area contributed by atoms with Gasteiger partial charge in [0, 0.05) is 12.6 Å². The van der Waals surface area contributed by atoms with E-state index in [-0.39, 0.29) is 0 Å². The van der Waals surface area contributed by atoms with Crippen molar-refractivity contribution >= 4 is 0 Å². The molecule has 1 N–H and O–H groups in total. The van der Waals surface area contributed by atoms with Crippen LogP contribution < -0.4 is 5.32 Å². The van der Waals surface area contributed by atoms with Gasteiger partial charge in [0.2, 0.25) is 0 Å². The van der Waals surface area contributed by atoms with Gasteiger partial charge in [-0.3, -0.25) is 0 Å². The molecular weight excluding hydrogens is 210 g/mol. The van der Waals surface area contributed by atoms with Crippen molar-refractivity contribution in [2.24, 2.45) is 0 Å². The van der Waals surface area contributed by atoms with Crippen LogP contribution in [0.15, 0.2) is 0 Å². The molecular formula is C15H31NO. The molecule has 1 saturated heterocycles. The number of piperidine rings is 1. The van der Waals surface area contributed by atoms with Gasteiger partial charge in [0.05, 0.1) is 6.10 Å². The van der Waals surface area contributed by atoms with E-state index in [9.17, 15) is 0 Å². The van der Waals surface area contributed by atoms with E-state index >= 15 is 0 Å². The van der Waals surface area contributed by atoms with Crippen LogP contribution in [0.3, 0.4) is 0 Å². The summed E-state index contributed by atoms with van der Waals surface area (Å²) in [6.45, 7) is 6.63. The second-order valence-electron chi connectivity index (χ2n) is 5.47. The third kappa shape index (κ3) is 7.77. The van der Waals surface area contributed by atoms with Crippen molar-refractivity contribution in [3.8, 4) is 0 Å². The summed E-state index contributed by atoms with van der Waals surface area (Å²) in [7, 11) is 0. The van der Waals surface area contributed by atoms with Crippen molar-refractivity contribution in [2.75, 3.05) is 13.2 Å². The molecule has 0 bridgehead atoms. The third-order valence-electron chi connectivity index (χ3n) is 3.75. The SMILES string of the molecule is CCCCCCC(C)OCCC1CCCCN1. The molecule has 1 aliphatic rings.